The number of carbonyl (C=O) groups is 2. The van der Waals surface area contributed by atoms with Gasteiger partial charge in [0.15, 0.2) is 0 Å². The van der Waals surface area contributed by atoms with Crippen LogP contribution in [0.15, 0.2) is 6.20 Å². The van der Waals surface area contributed by atoms with Crippen LogP contribution in [0.1, 0.15) is 26.0 Å². The van der Waals surface area contributed by atoms with E-state index in [2.05, 4.69) is 15.6 Å². The Labute approximate surface area is 112 Å². The number of nitrogens with zero attached hydrogens (tertiary/aromatic N) is 4. The minimum absolute atomic E-state index is 0.0426. The lowest BCUT2D eigenvalue weighted by Crippen LogP contribution is -2.57. The molecule has 1 aliphatic heterocycles. The van der Waals surface area contributed by atoms with Gasteiger partial charge in [-0.25, -0.2) is 0 Å². The summed E-state index contributed by atoms with van der Waals surface area (Å²) < 4.78 is 1.58. The van der Waals surface area contributed by atoms with Gasteiger partial charge in [-0.2, -0.15) is 0 Å². The summed E-state index contributed by atoms with van der Waals surface area (Å²) >= 11 is 0. The summed E-state index contributed by atoms with van der Waals surface area (Å²) in [6.45, 7) is 4.47. The normalized spacial score (nSPS) is 20.0. The van der Waals surface area contributed by atoms with Crippen LogP contribution in [0.4, 0.5) is 0 Å². The SMILES string of the molecule is CC(C)CC1NC(=O)CN(Cc2cn(C)nn2)C1=O. The first-order chi connectivity index (χ1) is 8.95. The summed E-state index contributed by atoms with van der Waals surface area (Å²) in [5, 5.41) is 10.5. The summed E-state index contributed by atoms with van der Waals surface area (Å²) in [5.41, 5.74) is 0.689. The van der Waals surface area contributed by atoms with Crippen molar-refractivity contribution in [3.63, 3.8) is 0 Å². The average molecular weight is 265 g/mol. The largest absolute Gasteiger partial charge is 0.343 e. The maximum atomic E-state index is 12.3. The second kappa shape index (κ2) is 5.38. The van der Waals surface area contributed by atoms with Gasteiger partial charge in [-0.05, 0) is 12.3 Å². The fraction of sp³-hybridized carbons (Fsp3) is 0.667. The minimum atomic E-state index is -0.419. The number of carbonyl (C=O) groups excluding carboxylic acids is 2. The van der Waals surface area contributed by atoms with Gasteiger partial charge in [0.2, 0.25) is 11.8 Å². The van der Waals surface area contributed by atoms with Gasteiger partial charge in [-0.15, -0.1) is 5.10 Å². The Balaban J connectivity index is 2.06. The molecule has 0 bridgehead atoms. The van der Waals surface area contributed by atoms with Crippen molar-refractivity contribution in [1.29, 1.82) is 0 Å². The molecule has 1 aromatic rings. The molecular weight excluding hydrogens is 246 g/mol. The van der Waals surface area contributed by atoms with Gasteiger partial charge in [-0.3, -0.25) is 14.3 Å². The van der Waals surface area contributed by atoms with Gasteiger partial charge in [-0.1, -0.05) is 19.1 Å². The van der Waals surface area contributed by atoms with Crippen molar-refractivity contribution in [2.75, 3.05) is 6.54 Å². The smallest absolute Gasteiger partial charge is 0.245 e. The van der Waals surface area contributed by atoms with E-state index in [9.17, 15) is 9.59 Å². The Morgan fingerprint density at radius 1 is 1.47 bits per heavy atom. The van der Waals surface area contributed by atoms with Crippen LogP contribution in [0.25, 0.3) is 0 Å². The number of rotatable bonds is 4. The highest BCUT2D eigenvalue weighted by atomic mass is 16.2. The van der Waals surface area contributed by atoms with E-state index in [0.29, 0.717) is 24.6 Å². The van der Waals surface area contributed by atoms with E-state index in [1.54, 1.807) is 17.9 Å². The number of nitrogens with one attached hydrogen (secondary N) is 1. The number of hydrogen-bond donors (Lipinski definition) is 1. The Hall–Kier alpha value is -1.92. The lowest BCUT2D eigenvalue weighted by atomic mass is 10.0. The van der Waals surface area contributed by atoms with Crippen LogP contribution in [0, 0.1) is 5.92 Å². The van der Waals surface area contributed by atoms with Crippen LogP contribution in [-0.2, 0) is 23.2 Å². The summed E-state index contributed by atoms with van der Waals surface area (Å²) in [4.78, 5) is 25.5. The van der Waals surface area contributed by atoms with Crippen LogP contribution in [-0.4, -0.2) is 44.3 Å². The van der Waals surface area contributed by atoms with Crippen LogP contribution in [0.2, 0.25) is 0 Å². The van der Waals surface area contributed by atoms with Crippen molar-refractivity contribution < 1.29 is 9.59 Å². The maximum Gasteiger partial charge on any atom is 0.245 e. The molecule has 7 nitrogen and oxygen atoms in total. The summed E-state index contributed by atoms with van der Waals surface area (Å²) in [5.74, 6) is 0.193. The molecule has 19 heavy (non-hydrogen) atoms. The van der Waals surface area contributed by atoms with Crippen molar-refractivity contribution >= 4 is 11.8 Å². The number of aryl methyl sites for hydroxylation is 1. The van der Waals surface area contributed by atoms with E-state index in [-0.39, 0.29) is 18.4 Å². The van der Waals surface area contributed by atoms with Crippen LogP contribution in [0.5, 0.6) is 0 Å². The molecule has 1 saturated heterocycles. The summed E-state index contributed by atoms with van der Waals surface area (Å²) in [7, 11) is 1.77. The van der Waals surface area contributed by atoms with E-state index in [4.69, 9.17) is 0 Å². The molecule has 0 saturated carbocycles. The minimum Gasteiger partial charge on any atom is -0.343 e. The number of amides is 2. The highest BCUT2D eigenvalue weighted by molar-refractivity contribution is 5.94. The highest BCUT2D eigenvalue weighted by Crippen LogP contribution is 2.13. The molecule has 1 atom stereocenters. The Morgan fingerprint density at radius 2 is 2.21 bits per heavy atom. The fourth-order valence-corrected chi connectivity index (χ4v) is 2.20. The summed E-state index contributed by atoms with van der Waals surface area (Å²) in [6, 6.07) is -0.419. The first kappa shape index (κ1) is 13.5. The maximum absolute atomic E-state index is 12.3. The van der Waals surface area contributed by atoms with Gasteiger partial charge in [0.25, 0.3) is 0 Å². The lowest BCUT2D eigenvalue weighted by molar-refractivity contribution is -0.145. The molecule has 2 rings (SSSR count). The molecule has 0 aliphatic carbocycles. The molecule has 1 N–H and O–H groups in total. The van der Waals surface area contributed by atoms with Crippen molar-refractivity contribution in [2.24, 2.45) is 13.0 Å². The molecule has 1 fully saturated rings. The molecule has 0 aromatic carbocycles. The number of piperazine rings is 1. The highest BCUT2D eigenvalue weighted by Gasteiger charge is 2.33. The predicted molar refractivity (Wildman–Crippen MR) is 67.8 cm³/mol. The molecule has 7 heteroatoms. The molecule has 1 aliphatic rings. The zero-order valence-corrected chi connectivity index (χ0v) is 11.5. The van der Waals surface area contributed by atoms with E-state index in [1.807, 2.05) is 13.8 Å². The molecular formula is C12H19N5O2. The molecule has 0 spiro atoms. The number of hydrogen-bond acceptors (Lipinski definition) is 4. The molecule has 0 radical (unpaired) electrons. The molecule has 1 unspecified atom stereocenters. The third-order valence-corrected chi connectivity index (χ3v) is 2.99. The lowest BCUT2D eigenvalue weighted by Gasteiger charge is -2.32. The zero-order valence-electron chi connectivity index (χ0n) is 11.5. The van der Waals surface area contributed by atoms with Crippen molar-refractivity contribution in [1.82, 2.24) is 25.2 Å². The monoisotopic (exact) mass is 265 g/mol. The standard InChI is InChI=1S/C12H19N5O2/c1-8(2)4-10-12(19)17(7-11(18)13-10)6-9-5-16(3)15-14-9/h5,8,10H,4,6-7H2,1-3H3,(H,13,18). The van der Waals surface area contributed by atoms with Crippen molar-refractivity contribution in [3.05, 3.63) is 11.9 Å². The Kier molecular flexibility index (Phi) is 3.82. The first-order valence-corrected chi connectivity index (χ1v) is 6.39. The summed E-state index contributed by atoms with van der Waals surface area (Å²) in [6.07, 6.45) is 2.40. The molecule has 104 valence electrons. The Bertz CT molecular complexity index is 482. The van der Waals surface area contributed by atoms with E-state index in [0.717, 1.165) is 0 Å². The van der Waals surface area contributed by atoms with Gasteiger partial charge in [0, 0.05) is 13.2 Å². The quantitative estimate of drug-likeness (QED) is 0.809. The van der Waals surface area contributed by atoms with Gasteiger partial charge < -0.3 is 10.2 Å². The first-order valence-electron chi connectivity index (χ1n) is 6.39. The predicted octanol–water partition coefficient (Wildman–Crippen LogP) is -0.312. The number of aromatic nitrogens is 3. The van der Waals surface area contributed by atoms with Crippen LogP contribution >= 0.6 is 0 Å². The second-order valence-electron chi connectivity index (χ2n) is 5.33. The van der Waals surface area contributed by atoms with E-state index in [1.165, 1.54) is 4.90 Å². The zero-order chi connectivity index (χ0) is 14.0. The topological polar surface area (TPSA) is 80.1 Å². The average Bonchev–Trinajstić information content (AvgIpc) is 2.70. The van der Waals surface area contributed by atoms with Crippen LogP contribution < -0.4 is 5.32 Å². The van der Waals surface area contributed by atoms with Crippen molar-refractivity contribution in [3.8, 4) is 0 Å². The molecule has 2 heterocycles. The van der Waals surface area contributed by atoms with Gasteiger partial charge in [0.1, 0.15) is 18.3 Å². The third-order valence-electron chi connectivity index (χ3n) is 2.99. The van der Waals surface area contributed by atoms with Gasteiger partial charge in [0.05, 0.1) is 6.54 Å². The van der Waals surface area contributed by atoms with Crippen molar-refractivity contribution in [2.45, 2.75) is 32.9 Å². The van der Waals surface area contributed by atoms with E-state index < -0.39 is 6.04 Å². The fourth-order valence-electron chi connectivity index (χ4n) is 2.20. The van der Waals surface area contributed by atoms with E-state index >= 15 is 0 Å². The second-order valence-corrected chi connectivity index (χ2v) is 5.33. The Morgan fingerprint density at radius 3 is 2.79 bits per heavy atom. The third kappa shape index (κ3) is 3.30. The molecule has 1 aromatic heterocycles. The van der Waals surface area contributed by atoms with Gasteiger partial charge >= 0.3 is 0 Å². The molecule has 2 amide bonds. The van der Waals surface area contributed by atoms with Crippen LogP contribution in [0.3, 0.4) is 0 Å².